The van der Waals surface area contributed by atoms with Crippen molar-refractivity contribution in [2.75, 3.05) is 0 Å². The SMILES string of the molecule is NC1CCCCC1CC1CCCCC1N. The number of hydrogen-bond acceptors (Lipinski definition) is 2. The summed E-state index contributed by atoms with van der Waals surface area (Å²) in [5.41, 5.74) is 12.4. The van der Waals surface area contributed by atoms with Crippen LogP contribution in [0.1, 0.15) is 57.8 Å². The molecule has 2 aliphatic rings. The number of nitrogens with two attached hydrogens (primary N) is 2. The van der Waals surface area contributed by atoms with Crippen molar-refractivity contribution in [3.05, 3.63) is 0 Å². The average molecular weight is 210 g/mol. The fraction of sp³-hybridized carbons (Fsp3) is 1.00. The van der Waals surface area contributed by atoms with E-state index in [4.69, 9.17) is 11.5 Å². The number of hydrogen-bond donors (Lipinski definition) is 2. The molecule has 2 rings (SSSR count). The average Bonchev–Trinajstić information content (AvgIpc) is 2.24. The van der Waals surface area contributed by atoms with Crippen LogP contribution in [0.4, 0.5) is 0 Å². The monoisotopic (exact) mass is 210 g/mol. The molecule has 4 N–H and O–H groups in total. The van der Waals surface area contributed by atoms with Crippen molar-refractivity contribution in [3.8, 4) is 0 Å². The minimum Gasteiger partial charge on any atom is -0.327 e. The van der Waals surface area contributed by atoms with Crippen LogP contribution in [-0.4, -0.2) is 12.1 Å². The van der Waals surface area contributed by atoms with Gasteiger partial charge < -0.3 is 11.5 Å². The molecule has 0 saturated heterocycles. The predicted octanol–water partition coefficient (Wildman–Crippen LogP) is 2.41. The zero-order chi connectivity index (χ0) is 10.7. The lowest BCUT2D eigenvalue weighted by atomic mass is 9.74. The van der Waals surface area contributed by atoms with Gasteiger partial charge in [0.2, 0.25) is 0 Å². The Morgan fingerprint density at radius 2 is 1.07 bits per heavy atom. The van der Waals surface area contributed by atoms with Crippen LogP contribution in [0.2, 0.25) is 0 Å². The molecule has 15 heavy (non-hydrogen) atoms. The second kappa shape index (κ2) is 5.31. The summed E-state index contributed by atoms with van der Waals surface area (Å²) < 4.78 is 0. The van der Waals surface area contributed by atoms with Crippen LogP contribution in [-0.2, 0) is 0 Å². The topological polar surface area (TPSA) is 52.0 Å². The summed E-state index contributed by atoms with van der Waals surface area (Å²) >= 11 is 0. The molecule has 0 aromatic heterocycles. The van der Waals surface area contributed by atoms with Gasteiger partial charge in [-0.15, -0.1) is 0 Å². The highest BCUT2D eigenvalue weighted by atomic mass is 14.7. The van der Waals surface area contributed by atoms with Crippen LogP contribution < -0.4 is 11.5 Å². The molecule has 2 saturated carbocycles. The summed E-state index contributed by atoms with van der Waals surface area (Å²) in [6, 6.07) is 0.931. The summed E-state index contributed by atoms with van der Waals surface area (Å²) in [6.45, 7) is 0. The zero-order valence-electron chi connectivity index (χ0n) is 9.83. The highest BCUT2D eigenvalue weighted by Crippen LogP contribution is 2.34. The van der Waals surface area contributed by atoms with Gasteiger partial charge in [-0.25, -0.2) is 0 Å². The molecular formula is C13H26N2. The molecule has 0 radical (unpaired) electrons. The predicted molar refractivity (Wildman–Crippen MR) is 64.5 cm³/mol. The standard InChI is InChI=1S/C13H26N2/c14-12-7-3-1-5-10(12)9-11-6-2-4-8-13(11)15/h10-13H,1-9,14-15H2. The second-order valence-electron chi connectivity index (χ2n) is 5.65. The maximum atomic E-state index is 6.20. The summed E-state index contributed by atoms with van der Waals surface area (Å²) in [5.74, 6) is 1.54. The molecule has 0 spiro atoms. The van der Waals surface area contributed by atoms with Gasteiger partial charge in [-0.2, -0.15) is 0 Å². The maximum absolute atomic E-state index is 6.20. The summed E-state index contributed by atoms with van der Waals surface area (Å²) in [5, 5.41) is 0. The van der Waals surface area contributed by atoms with Crippen LogP contribution in [0.25, 0.3) is 0 Å². The van der Waals surface area contributed by atoms with Crippen molar-refractivity contribution in [2.24, 2.45) is 23.3 Å². The molecule has 2 nitrogen and oxygen atoms in total. The van der Waals surface area contributed by atoms with Gasteiger partial charge in [-0.05, 0) is 43.9 Å². The highest BCUT2D eigenvalue weighted by molar-refractivity contribution is 4.85. The maximum Gasteiger partial charge on any atom is 0.00672 e. The first kappa shape index (κ1) is 11.4. The molecule has 0 aromatic carbocycles. The van der Waals surface area contributed by atoms with Gasteiger partial charge in [0.15, 0.2) is 0 Å². The largest absolute Gasteiger partial charge is 0.327 e. The van der Waals surface area contributed by atoms with E-state index in [2.05, 4.69) is 0 Å². The highest BCUT2D eigenvalue weighted by Gasteiger charge is 2.29. The quantitative estimate of drug-likeness (QED) is 0.735. The third-order valence-corrected chi connectivity index (χ3v) is 4.54. The van der Waals surface area contributed by atoms with Crippen LogP contribution in [0.15, 0.2) is 0 Å². The van der Waals surface area contributed by atoms with Crippen LogP contribution in [0.5, 0.6) is 0 Å². The summed E-state index contributed by atoms with van der Waals surface area (Å²) in [6.07, 6.45) is 12.0. The van der Waals surface area contributed by atoms with Gasteiger partial charge in [0.1, 0.15) is 0 Å². The lowest BCUT2D eigenvalue weighted by molar-refractivity contribution is 0.202. The van der Waals surface area contributed by atoms with E-state index in [1.54, 1.807) is 0 Å². The normalized spacial score (nSPS) is 42.8. The molecule has 4 unspecified atom stereocenters. The molecule has 88 valence electrons. The van der Waals surface area contributed by atoms with E-state index in [1.807, 2.05) is 0 Å². The summed E-state index contributed by atoms with van der Waals surface area (Å²) in [7, 11) is 0. The Bertz CT molecular complexity index is 173. The first-order valence-corrected chi connectivity index (χ1v) is 6.78. The van der Waals surface area contributed by atoms with Crippen LogP contribution in [0.3, 0.4) is 0 Å². The third kappa shape index (κ3) is 2.94. The zero-order valence-corrected chi connectivity index (χ0v) is 9.83. The molecule has 0 aliphatic heterocycles. The van der Waals surface area contributed by atoms with E-state index in [0.29, 0.717) is 12.1 Å². The van der Waals surface area contributed by atoms with E-state index >= 15 is 0 Å². The van der Waals surface area contributed by atoms with Gasteiger partial charge >= 0.3 is 0 Å². The van der Waals surface area contributed by atoms with E-state index in [-0.39, 0.29) is 0 Å². The first-order chi connectivity index (χ1) is 7.27. The second-order valence-corrected chi connectivity index (χ2v) is 5.65. The minimum absolute atomic E-state index is 0.466. The molecule has 2 aliphatic carbocycles. The molecule has 0 heterocycles. The Hall–Kier alpha value is -0.0800. The Labute approximate surface area is 93.8 Å². The van der Waals surface area contributed by atoms with Crippen LogP contribution in [0, 0.1) is 11.8 Å². The lowest BCUT2D eigenvalue weighted by Crippen LogP contribution is -2.39. The fourth-order valence-corrected chi connectivity index (χ4v) is 3.45. The van der Waals surface area contributed by atoms with Crippen molar-refractivity contribution in [1.82, 2.24) is 0 Å². The molecule has 0 bridgehead atoms. The fourth-order valence-electron chi connectivity index (χ4n) is 3.45. The van der Waals surface area contributed by atoms with E-state index in [9.17, 15) is 0 Å². The molecule has 0 aromatic rings. The van der Waals surface area contributed by atoms with Gasteiger partial charge in [-0.1, -0.05) is 25.7 Å². The molecule has 0 amide bonds. The third-order valence-electron chi connectivity index (χ3n) is 4.54. The Balaban J connectivity index is 1.83. The minimum atomic E-state index is 0.466. The molecule has 4 atom stereocenters. The van der Waals surface area contributed by atoms with E-state index in [0.717, 1.165) is 11.8 Å². The molecular weight excluding hydrogens is 184 g/mol. The van der Waals surface area contributed by atoms with Gasteiger partial charge in [0.05, 0.1) is 0 Å². The van der Waals surface area contributed by atoms with Crippen molar-refractivity contribution in [1.29, 1.82) is 0 Å². The summed E-state index contributed by atoms with van der Waals surface area (Å²) in [4.78, 5) is 0. The lowest BCUT2D eigenvalue weighted by Gasteiger charge is -2.35. The van der Waals surface area contributed by atoms with Gasteiger partial charge in [0.25, 0.3) is 0 Å². The Morgan fingerprint density at radius 3 is 1.47 bits per heavy atom. The van der Waals surface area contributed by atoms with Gasteiger partial charge in [-0.3, -0.25) is 0 Å². The smallest absolute Gasteiger partial charge is 0.00672 e. The first-order valence-electron chi connectivity index (χ1n) is 6.78. The van der Waals surface area contributed by atoms with Crippen LogP contribution >= 0.6 is 0 Å². The van der Waals surface area contributed by atoms with Crippen molar-refractivity contribution < 1.29 is 0 Å². The van der Waals surface area contributed by atoms with Crippen molar-refractivity contribution >= 4 is 0 Å². The molecule has 2 heteroatoms. The van der Waals surface area contributed by atoms with Gasteiger partial charge in [0, 0.05) is 12.1 Å². The van der Waals surface area contributed by atoms with E-state index in [1.165, 1.54) is 57.8 Å². The van der Waals surface area contributed by atoms with Crippen molar-refractivity contribution in [3.63, 3.8) is 0 Å². The van der Waals surface area contributed by atoms with Crippen molar-refractivity contribution in [2.45, 2.75) is 69.9 Å². The Morgan fingerprint density at radius 1 is 0.667 bits per heavy atom. The number of rotatable bonds is 2. The van der Waals surface area contributed by atoms with E-state index < -0.39 is 0 Å². The Kier molecular flexibility index (Phi) is 4.04. The molecule has 2 fully saturated rings.